The second kappa shape index (κ2) is 8.45. The summed E-state index contributed by atoms with van der Waals surface area (Å²) in [6.07, 6.45) is 0. The lowest BCUT2D eigenvalue weighted by molar-refractivity contribution is -0.124. The van der Waals surface area contributed by atoms with E-state index in [1.54, 1.807) is 12.1 Å². The van der Waals surface area contributed by atoms with Crippen LogP contribution in [-0.2, 0) is 14.3 Å². The third-order valence-corrected chi connectivity index (χ3v) is 4.29. The Hall–Kier alpha value is -2.20. The number of carbonyl (C=O) groups is 1. The molecule has 26 heavy (non-hydrogen) atoms. The van der Waals surface area contributed by atoms with Gasteiger partial charge in [0.1, 0.15) is 0 Å². The van der Waals surface area contributed by atoms with E-state index < -0.39 is 0 Å². The average molecular weight is 365 g/mol. The lowest BCUT2D eigenvalue weighted by Gasteiger charge is -2.31. The summed E-state index contributed by atoms with van der Waals surface area (Å²) in [5.41, 5.74) is 2.81. The zero-order chi connectivity index (χ0) is 18.5. The van der Waals surface area contributed by atoms with Gasteiger partial charge in [-0.3, -0.25) is 15.2 Å². The van der Waals surface area contributed by atoms with Gasteiger partial charge in [0, 0.05) is 39.1 Å². The fraction of sp³-hybridized carbons (Fsp3) is 0.750. The summed E-state index contributed by atoms with van der Waals surface area (Å²) in [6.45, 7) is 9.19. The molecule has 3 heterocycles. The second-order valence-corrected chi connectivity index (χ2v) is 6.62. The van der Waals surface area contributed by atoms with Gasteiger partial charge in [-0.15, -0.1) is 0 Å². The number of nitrogens with zero attached hydrogens (tertiary/aromatic N) is 6. The molecule has 0 aromatic carbocycles. The predicted octanol–water partition coefficient (Wildman–Crippen LogP) is -0.332. The van der Waals surface area contributed by atoms with Crippen LogP contribution in [0.3, 0.4) is 0 Å². The van der Waals surface area contributed by atoms with Gasteiger partial charge in [-0.25, -0.2) is 0 Å². The van der Waals surface area contributed by atoms with Gasteiger partial charge in [0.15, 0.2) is 0 Å². The third kappa shape index (κ3) is 4.50. The number of nitrogens with one attached hydrogen (secondary N) is 1. The largest absolute Gasteiger partial charge is 0.378 e. The van der Waals surface area contributed by atoms with E-state index in [4.69, 9.17) is 9.47 Å². The van der Waals surface area contributed by atoms with Crippen LogP contribution in [0.2, 0.25) is 0 Å². The van der Waals surface area contributed by atoms with E-state index in [1.165, 1.54) is 0 Å². The van der Waals surface area contributed by atoms with Gasteiger partial charge in [-0.1, -0.05) is 13.8 Å². The number of anilines is 3. The van der Waals surface area contributed by atoms with Gasteiger partial charge in [-0.05, 0) is 0 Å². The molecule has 2 aliphatic heterocycles. The molecule has 2 saturated heterocycles. The highest BCUT2D eigenvalue weighted by molar-refractivity contribution is 5.79. The maximum absolute atomic E-state index is 12.0. The molecule has 10 nitrogen and oxygen atoms in total. The lowest BCUT2D eigenvalue weighted by Crippen LogP contribution is -2.44. The van der Waals surface area contributed by atoms with Crippen LogP contribution in [0.1, 0.15) is 13.8 Å². The minimum Gasteiger partial charge on any atom is -0.378 e. The van der Waals surface area contributed by atoms with Gasteiger partial charge < -0.3 is 19.3 Å². The van der Waals surface area contributed by atoms with Crippen molar-refractivity contribution in [2.45, 2.75) is 13.8 Å². The number of carbonyl (C=O) groups excluding carboxylic acids is 1. The number of amides is 1. The van der Waals surface area contributed by atoms with E-state index in [0.717, 1.165) is 26.2 Å². The Morgan fingerprint density at radius 3 is 1.85 bits per heavy atom. The molecule has 1 amide bonds. The topological polar surface area (TPSA) is 96.0 Å². The SMILES string of the molecule is CC(C)C(=O)NN(C)c1nc(N2CCOCC2)nc(N2CCOCC2)n1. The predicted molar refractivity (Wildman–Crippen MR) is 97.3 cm³/mol. The number of hydrazine groups is 1. The standard InChI is InChI=1S/C16H27N7O3/c1-12(2)13(24)20-21(3)14-17-15(22-4-8-25-9-5-22)19-16(18-14)23-6-10-26-11-7-23/h12H,4-11H2,1-3H3,(H,20,24). The fourth-order valence-electron chi connectivity index (χ4n) is 2.65. The van der Waals surface area contributed by atoms with Crippen molar-refractivity contribution in [1.29, 1.82) is 0 Å². The Morgan fingerprint density at radius 2 is 1.42 bits per heavy atom. The first-order valence-corrected chi connectivity index (χ1v) is 9.00. The summed E-state index contributed by atoms with van der Waals surface area (Å²) in [7, 11) is 1.74. The molecule has 1 N–H and O–H groups in total. The number of hydrogen-bond donors (Lipinski definition) is 1. The third-order valence-electron chi connectivity index (χ3n) is 4.29. The van der Waals surface area contributed by atoms with Crippen molar-refractivity contribution in [2.75, 3.05) is 74.5 Å². The number of rotatable bonds is 5. The van der Waals surface area contributed by atoms with Gasteiger partial charge in [0.2, 0.25) is 17.8 Å². The Labute approximate surface area is 153 Å². The van der Waals surface area contributed by atoms with Crippen molar-refractivity contribution >= 4 is 23.8 Å². The first kappa shape index (κ1) is 18.6. The van der Waals surface area contributed by atoms with E-state index in [-0.39, 0.29) is 11.8 Å². The quantitative estimate of drug-likeness (QED) is 0.704. The lowest BCUT2D eigenvalue weighted by atomic mass is 10.2. The van der Waals surface area contributed by atoms with Crippen LogP contribution in [0.4, 0.5) is 17.8 Å². The van der Waals surface area contributed by atoms with E-state index in [2.05, 4.69) is 30.2 Å². The monoisotopic (exact) mass is 365 g/mol. The number of aromatic nitrogens is 3. The number of ether oxygens (including phenoxy) is 2. The fourth-order valence-corrected chi connectivity index (χ4v) is 2.65. The summed E-state index contributed by atoms with van der Waals surface area (Å²) in [4.78, 5) is 30.0. The highest BCUT2D eigenvalue weighted by Crippen LogP contribution is 2.19. The molecule has 0 atom stereocenters. The van der Waals surface area contributed by atoms with E-state index >= 15 is 0 Å². The molecule has 1 aromatic rings. The highest BCUT2D eigenvalue weighted by atomic mass is 16.5. The zero-order valence-corrected chi connectivity index (χ0v) is 15.6. The van der Waals surface area contributed by atoms with Crippen LogP contribution < -0.4 is 20.2 Å². The Morgan fingerprint density at radius 1 is 0.962 bits per heavy atom. The maximum atomic E-state index is 12.0. The van der Waals surface area contributed by atoms with E-state index in [1.807, 2.05) is 13.8 Å². The van der Waals surface area contributed by atoms with Gasteiger partial charge in [-0.2, -0.15) is 15.0 Å². The summed E-state index contributed by atoms with van der Waals surface area (Å²) in [6, 6.07) is 0. The molecule has 0 spiro atoms. The molecular weight excluding hydrogens is 338 g/mol. The maximum Gasteiger partial charge on any atom is 0.250 e. The second-order valence-electron chi connectivity index (χ2n) is 6.62. The van der Waals surface area contributed by atoms with Crippen molar-refractivity contribution in [1.82, 2.24) is 20.4 Å². The number of morpholine rings is 2. The van der Waals surface area contributed by atoms with Gasteiger partial charge in [0.25, 0.3) is 5.95 Å². The minimum atomic E-state index is -0.128. The molecule has 0 saturated carbocycles. The summed E-state index contributed by atoms with van der Waals surface area (Å²) >= 11 is 0. The molecule has 2 aliphatic rings. The van der Waals surface area contributed by atoms with Gasteiger partial charge >= 0.3 is 0 Å². The Kier molecular flexibility index (Phi) is 6.04. The van der Waals surface area contributed by atoms with E-state index in [9.17, 15) is 4.79 Å². The number of hydrogen-bond acceptors (Lipinski definition) is 9. The minimum absolute atomic E-state index is 0.0891. The first-order valence-electron chi connectivity index (χ1n) is 9.00. The van der Waals surface area contributed by atoms with Crippen LogP contribution >= 0.6 is 0 Å². The van der Waals surface area contributed by atoms with Crippen molar-refractivity contribution in [3.63, 3.8) is 0 Å². The van der Waals surface area contributed by atoms with Crippen LogP contribution in [0.15, 0.2) is 0 Å². The van der Waals surface area contributed by atoms with Gasteiger partial charge in [0.05, 0.1) is 26.4 Å². The molecular formula is C16H27N7O3. The van der Waals surface area contributed by atoms with Crippen molar-refractivity contribution in [3.05, 3.63) is 0 Å². The molecule has 3 rings (SSSR count). The zero-order valence-electron chi connectivity index (χ0n) is 15.6. The summed E-state index contributed by atoms with van der Waals surface area (Å²) < 4.78 is 10.8. The molecule has 2 fully saturated rings. The summed E-state index contributed by atoms with van der Waals surface area (Å²) in [5, 5.41) is 1.55. The Bertz CT molecular complexity index is 580. The molecule has 1 aromatic heterocycles. The van der Waals surface area contributed by atoms with Crippen molar-refractivity contribution in [3.8, 4) is 0 Å². The smallest absolute Gasteiger partial charge is 0.250 e. The molecule has 10 heteroatoms. The molecule has 0 bridgehead atoms. The van der Waals surface area contributed by atoms with Crippen LogP contribution in [0.5, 0.6) is 0 Å². The molecule has 144 valence electrons. The van der Waals surface area contributed by atoms with E-state index in [0.29, 0.717) is 44.3 Å². The van der Waals surface area contributed by atoms with Crippen LogP contribution in [-0.4, -0.2) is 80.5 Å². The molecule has 0 radical (unpaired) electrons. The van der Waals surface area contributed by atoms with Crippen molar-refractivity contribution in [2.24, 2.45) is 5.92 Å². The Balaban J connectivity index is 1.87. The molecule has 0 aliphatic carbocycles. The average Bonchev–Trinajstić information content (AvgIpc) is 2.68. The van der Waals surface area contributed by atoms with Crippen LogP contribution in [0.25, 0.3) is 0 Å². The van der Waals surface area contributed by atoms with Crippen LogP contribution in [0, 0.1) is 5.92 Å². The summed E-state index contributed by atoms with van der Waals surface area (Å²) in [5.74, 6) is 1.40. The molecule has 0 unspecified atom stereocenters. The van der Waals surface area contributed by atoms with Crippen molar-refractivity contribution < 1.29 is 14.3 Å². The normalized spacial score (nSPS) is 18.2. The highest BCUT2D eigenvalue weighted by Gasteiger charge is 2.22. The first-order chi connectivity index (χ1) is 12.5.